The maximum absolute atomic E-state index is 12.7. The van der Waals surface area contributed by atoms with Crippen LogP contribution in [-0.4, -0.2) is 12.2 Å². The molecule has 0 heterocycles. The highest BCUT2D eigenvalue weighted by atomic mass is 32.7. The molecule has 0 unspecified atom stereocenters. The van der Waals surface area contributed by atoms with Crippen LogP contribution in [0.5, 0.6) is 5.75 Å². The van der Waals surface area contributed by atoms with Gasteiger partial charge >= 0.3 is 0 Å². The van der Waals surface area contributed by atoms with Crippen molar-refractivity contribution in [2.75, 3.05) is 7.11 Å². The zero-order valence-corrected chi connectivity index (χ0v) is 15.0. The van der Waals surface area contributed by atoms with E-state index in [0.29, 0.717) is 5.56 Å². The van der Waals surface area contributed by atoms with Crippen molar-refractivity contribution in [2.45, 2.75) is 0 Å². The van der Waals surface area contributed by atoms with Gasteiger partial charge in [-0.25, -0.2) is 0 Å². The zero-order chi connectivity index (χ0) is 16.8. The fourth-order valence-corrected chi connectivity index (χ4v) is 6.22. The van der Waals surface area contributed by atoms with Gasteiger partial charge < -0.3 is 4.74 Å². The van der Waals surface area contributed by atoms with Crippen LogP contribution in [-0.2, 0) is 0 Å². The Labute approximate surface area is 147 Å². The Balaban J connectivity index is 1.87. The molecule has 0 saturated heterocycles. The van der Waals surface area contributed by atoms with Crippen LogP contribution >= 0.6 is 18.5 Å². The van der Waals surface area contributed by atoms with Crippen molar-refractivity contribution >= 4 is 34.2 Å². The molecular weight excluding hydrogens is 335 g/mol. The lowest BCUT2D eigenvalue weighted by Gasteiger charge is -2.17. The van der Waals surface area contributed by atoms with Gasteiger partial charge in [-0.3, -0.25) is 4.79 Å². The third kappa shape index (κ3) is 4.05. The summed E-state index contributed by atoms with van der Waals surface area (Å²) in [6.07, 6.45) is 0. The van der Waals surface area contributed by atoms with Crippen LogP contribution in [0.15, 0.2) is 84.9 Å². The summed E-state index contributed by atoms with van der Waals surface area (Å²) in [6.45, 7) is 0. The second-order valence-corrected chi connectivity index (χ2v) is 8.89. The van der Waals surface area contributed by atoms with Crippen LogP contribution < -0.4 is 15.3 Å². The summed E-state index contributed by atoms with van der Waals surface area (Å²) in [4.78, 5) is 12.7. The summed E-state index contributed by atoms with van der Waals surface area (Å²) in [5.41, 5.74) is 0.695. The average molecular weight is 352 g/mol. The standard InChI is InChI=1S/C20H17O2PS/c1-22-17-14-12-16(13-15-17)20(21)24-23(18-8-4-2-5-9-18)19-10-6-3-7-11-19/h2-15H,1H3. The third-order valence-corrected chi connectivity index (χ3v) is 7.91. The molecule has 3 aromatic carbocycles. The Bertz CT molecular complexity index is 749. The Morgan fingerprint density at radius 1 is 0.792 bits per heavy atom. The molecule has 0 saturated carbocycles. The SMILES string of the molecule is COc1ccc(C(=O)SP(c2ccccc2)c2ccccc2)cc1. The lowest BCUT2D eigenvalue weighted by Crippen LogP contribution is -2.10. The summed E-state index contributed by atoms with van der Waals surface area (Å²) in [5, 5.41) is 2.45. The van der Waals surface area contributed by atoms with Crippen molar-refractivity contribution in [1.82, 2.24) is 0 Å². The molecule has 0 bridgehead atoms. The largest absolute Gasteiger partial charge is 0.497 e. The first-order chi connectivity index (χ1) is 11.8. The summed E-state index contributed by atoms with van der Waals surface area (Å²) in [5.74, 6) is 0.755. The number of benzene rings is 3. The lowest BCUT2D eigenvalue weighted by molar-refractivity contribution is 0.109. The second-order valence-electron chi connectivity index (χ2n) is 5.07. The maximum atomic E-state index is 12.7. The molecule has 0 atom stereocenters. The summed E-state index contributed by atoms with van der Waals surface area (Å²) < 4.78 is 5.15. The molecule has 4 heteroatoms. The fraction of sp³-hybridized carbons (Fsp3) is 0.0500. The Kier molecular flexibility index (Phi) is 5.68. The first-order valence-corrected chi connectivity index (χ1v) is 10.3. The highest BCUT2D eigenvalue weighted by Crippen LogP contribution is 2.49. The van der Waals surface area contributed by atoms with Crippen molar-refractivity contribution < 1.29 is 9.53 Å². The molecule has 0 radical (unpaired) electrons. The molecule has 24 heavy (non-hydrogen) atoms. The van der Waals surface area contributed by atoms with Gasteiger partial charge in [0.15, 0.2) is 0 Å². The van der Waals surface area contributed by atoms with Crippen molar-refractivity contribution in [3.63, 3.8) is 0 Å². The minimum atomic E-state index is -0.789. The minimum absolute atomic E-state index is 0.0801. The van der Waals surface area contributed by atoms with Crippen LogP contribution in [0.2, 0.25) is 0 Å². The van der Waals surface area contributed by atoms with Crippen LogP contribution in [0.25, 0.3) is 0 Å². The van der Waals surface area contributed by atoms with E-state index in [1.165, 1.54) is 22.0 Å². The maximum Gasteiger partial charge on any atom is 0.224 e. The minimum Gasteiger partial charge on any atom is -0.497 e. The highest BCUT2D eigenvalue weighted by molar-refractivity contribution is 8.67. The summed E-state index contributed by atoms with van der Waals surface area (Å²) >= 11 is 1.40. The third-order valence-electron chi connectivity index (χ3n) is 3.48. The fourth-order valence-electron chi connectivity index (χ4n) is 2.24. The van der Waals surface area contributed by atoms with Crippen LogP contribution in [0.3, 0.4) is 0 Å². The molecule has 0 aliphatic heterocycles. The number of rotatable bonds is 5. The molecule has 0 N–H and O–H groups in total. The van der Waals surface area contributed by atoms with E-state index in [9.17, 15) is 4.79 Å². The number of methoxy groups -OCH3 is 1. The van der Waals surface area contributed by atoms with Crippen molar-refractivity contribution in [1.29, 1.82) is 0 Å². The van der Waals surface area contributed by atoms with E-state index in [1.54, 1.807) is 7.11 Å². The quantitative estimate of drug-likeness (QED) is 0.627. The number of carbonyl (C=O) groups excluding carboxylic acids is 1. The molecule has 0 aliphatic carbocycles. The van der Waals surface area contributed by atoms with Crippen LogP contribution in [0.1, 0.15) is 10.4 Å². The Morgan fingerprint density at radius 3 is 1.75 bits per heavy atom. The van der Waals surface area contributed by atoms with Gasteiger partial charge in [0.1, 0.15) is 5.75 Å². The van der Waals surface area contributed by atoms with Crippen LogP contribution in [0.4, 0.5) is 0 Å². The molecule has 0 fully saturated rings. The number of hydrogen-bond acceptors (Lipinski definition) is 3. The Hall–Kier alpha value is -2.09. The number of hydrogen-bond donors (Lipinski definition) is 0. The van der Waals surface area contributed by atoms with Gasteiger partial charge in [-0.15, -0.1) is 0 Å². The molecule has 0 amide bonds. The first-order valence-electron chi connectivity index (χ1n) is 7.54. The van der Waals surface area contributed by atoms with E-state index in [1.807, 2.05) is 60.7 Å². The van der Waals surface area contributed by atoms with E-state index in [0.717, 1.165) is 5.75 Å². The monoisotopic (exact) mass is 352 g/mol. The van der Waals surface area contributed by atoms with Crippen molar-refractivity contribution in [3.05, 3.63) is 90.5 Å². The lowest BCUT2D eigenvalue weighted by atomic mass is 10.2. The predicted molar refractivity (Wildman–Crippen MR) is 104 cm³/mol. The molecule has 2 nitrogen and oxygen atoms in total. The van der Waals surface area contributed by atoms with E-state index >= 15 is 0 Å². The van der Waals surface area contributed by atoms with Gasteiger partial charge in [0.25, 0.3) is 0 Å². The van der Waals surface area contributed by atoms with E-state index < -0.39 is 7.12 Å². The second kappa shape index (κ2) is 8.14. The molecule has 0 aliphatic rings. The van der Waals surface area contributed by atoms with Gasteiger partial charge in [-0.2, -0.15) is 0 Å². The number of ether oxygens (including phenoxy) is 1. The van der Waals surface area contributed by atoms with E-state index in [-0.39, 0.29) is 5.12 Å². The molecule has 0 spiro atoms. The number of carbonyl (C=O) groups is 1. The molecular formula is C20H17O2PS. The summed E-state index contributed by atoms with van der Waals surface area (Å²) in [7, 11) is 0.831. The smallest absolute Gasteiger partial charge is 0.224 e. The average Bonchev–Trinajstić information content (AvgIpc) is 2.67. The Morgan fingerprint density at radius 2 is 1.29 bits per heavy atom. The van der Waals surface area contributed by atoms with Gasteiger partial charge in [-0.1, -0.05) is 60.7 Å². The molecule has 0 aromatic heterocycles. The van der Waals surface area contributed by atoms with Gasteiger partial charge in [-0.05, 0) is 46.3 Å². The highest BCUT2D eigenvalue weighted by Gasteiger charge is 2.19. The van der Waals surface area contributed by atoms with E-state index in [4.69, 9.17) is 4.74 Å². The van der Waals surface area contributed by atoms with Gasteiger partial charge in [0, 0.05) is 12.7 Å². The molecule has 120 valence electrons. The van der Waals surface area contributed by atoms with Crippen molar-refractivity contribution in [3.8, 4) is 5.75 Å². The predicted octanol–water partition coefficient (Wildman–Crippen LogP) is 4.62. The van der Waals surface area contributed by atoms with Gasteiger partial charge in [0.2, 0.25) is 5.12 Å². The van der Waals surface area contributed by atoms with Gasteiger partial charge in [0.05, 0.1) is 7.11 Å². The van der Waals surface area contributed by atoms with Crippen LogP contribution in [0, 0.1) is 0 Å². The topological polar surface area (TPSA) is 26.3 Å². The first kappa shape index (κ1) is 16.8. The zero-order valence-electron chi connectivity index (χ0n) is 13.3. The normalized spacial score (nSPS) is 10.6. The summed E-state index contributed by atoms with van der Waals surface area (Å²) in [6, 6.07) is 27.7. The van der Waals surface area contributed by atoms with Crippen molar-refractivity contribution in [2.24, 2.45) is 0 Å². The molecule has 3 aromatic rings. The van der Waals surface area contributed by atoms with E-state index in [2.05, 4.69) is 24.3 Å². The molecule has 3 rings (SSSR count).